The molecule has 0 heterocycles. The summed E-state index contributed by atoms with van der Waals surface area (Å²) in [6, 6.07) is 0. The first-order valence-corrected chi connectivity index (χ1v) is 0. The maximum absolute atomic E-state index is 0. The largest absolute Gasteiger partial charge is 0 e. The zero-order chi connectivity index (χ0) is 0. The van der Waals surface area contributed by atoms with Gasteiger partial charge in [-0.1, -0.05) is 0 Å². The van der Waals surface area contributed by atoms with Gasteiger partial charge in [0.05, 0.1) is 0 Å². The summed E-state index contributed by atoms with van der Waals surface area (Å²) in [5.74, 6) is 0. The summed E-state index contributed by atoms with van der Waals surface area (Å²) in [5, 5.41) is 0. The first-order valence-electron chi connectivity index (χ1n) is 0. The molecule has 0 spiro atoms. The van der Waals surface area contributed by atoms with Crippen LogP contribution in [0.15, 0.2) is 0 Å². The van der Waals surface area contributed by atoms with Gasteiger partial charge in [-0.25, -0.2) is 0 Å². The number of hydrogen-bond acceptors (Lipinski definition) is 0. The summed E-state index contributed by atoms with van der Waals surface area (Å²) in [6.07, 6.45) is 0. The SMILES string of the molecule is [As].[Cu].[Fe].[Hg]. The van der Waals surface area contributed by atoms with Crippen molar-refractivity contribution in [2.75, 3.05) is 0 Å². The molecule has 0 nitrogen and oxygen atoms in total. The summed E-state index contributed by atoms with van der Waals surface area (Å²) in [4.78, 5) is 0. The molecule has 0 bridgehead atoms. The van der Waals surface area contributed by atoms with Gasteiger partial charge in [0, 0.05) is 79.8 Å². The quantitative estimate of drug-likeness (QED) is 0.491. The summed E-state index contributed by atoms with van der Waals surface area (Å²) < 4.78 is 0. The van der Waals surface area contributed by atoms with Gasteiger partial charge < -0.3 is 0 Å². The second-order valence-corrected chi connectivity index (χ2v) is 0. The standard InChI is InChI=1S/As.Cu.Fe.Hg. The van der Waals surface area contributed by atoms with Gasteiger partial charge in [0.15, 0.2) is 0 Å². The Morgan fingerprint density at radius 3 is 1.00 bits per heavy atom. The van der Waals surface area contributed by atoms with Gasteiger partial charge in [0.1, 0.15) is 0 Å². The van der Waals surface area contributed by atoms with Gasteiger partial charge in [-0.05, 0) is 0 Å². The minimum atomic E-state index is 0. The van der Waals surface area contributed by atoms with Crippen LogP contribution >= 0.6 is 0 Å². The Balaban J connectivity index is 0. The molecular formula is AsCuFeHg. The van der Waals surface area contributed by atoms with E-state index in [1.165, 1.54) is 0 Å². The van der Waals surface area contributed by atoms with Crippen LogP contribution in [-0.4, -0.2) is 18.0 Å². The Morgan fingerprint density at radius 1 is 1.00 bits per heavy atom. The molecule has 0 saturated carbocycles. The van der Waals surface area contributed by atoms with Crippen LogP contribution in [-0.2, 0) is 61.8 Å². The monoisotopic (exact) mass is 396 g/mol. The smallest absolute Gasteiger partial charge is 0 e. The Bertz CT molecular complexity index is 8.00. The molecule has 4 heavy (non-hydrogen) atoms. The maximum Gasteiger partial charge on any atom is 0 e. The van der Waals surface area contributed by atoms with E-state index in [-0.39, 0.29) is 79.8 Å². The molecule has 0 N–H and O–H groups in total. The zero-order valence-corrected chi connectivity index (χ0v) is 11.2. The van der Waals surface area contributed by atoms with Crippen LogP contribution in [0.2, 0.25) is 0 Å². The molecule has 0 atom stereocenters. The molecule has 0 fully saturated rings. The van der Waals surface area contributed by atoms with Crippen LogP contribution in [0.5, 0.6) is 0 Å². The van der Waals surface area contributed by atoms with Crippen molar-refractivity contribution in [1.82, 2.24) is 0 Å². The molecule has 0 rings (SSSR count). The normalized spacial score (nSPS) is 0. The predicted octanol–water partition coefficient (Wildman–Crippen LogP) is -0.388. The van der Waals surface area contributed by atoms with Gasteiger partial charge in [-0.3, -0.25) is 0 Å². The van der Waals surface area contributed by atoms with Crippen molar-refractivity contribution in [3.8, 4) is 0 Å². The Morgan fingerprint density at radius 2 is 1.00 bits per heavy atom. The van der Waals surface area contributed by atoms with E-state index in [9.17, 15) is 0 Å². The molecule has 0 aliphatic carbocycles. The van der Waals surface area contributed by atoms with E-state index in [1.807, 2.05) is 0 Å². The third kappa shape index (κ3) is 8.82. The van der Waals surface area contributed by atoms with Crippen molar-refractivity contribution in [3.05, 3.63) is 0 Å². The van der Waals surface area contributed by atoms with Crippen molar-refractivity contribution in [2.45, 2.75) is 0 Å². The van der Waals surface area contributed by atoms with Crippen molar-refractivity contribution < 1.29 is 61.8 Å². The maximum atomic E-state index is 0. The van der Waals surface area contributed by atoms with Crippen LogP contribution in [0.25, 0.3) is 0 Å². The molecule has 0 aliphatic rings. The van der Waals surface area contributed by atoms with Crippen LogP contribution < -0.4 is 0 Å². The van der Waals surface area contributed by atoms with Crippen LogP contribution in [0.3, 0.4) is 0 Å². The van der Waals surface area contributed by atoms with Gasteiger partial charge >= 0.3 is 0 Å². The predicted molar refractivity (Wildman–Crippen MR) is 5.75 cm³/mol. The van der Waals surface area contributed by atoms with Gasteiger partial charge in [-0.2, -0.15) is 0 Å². The fourth-order valence-electron chi connectivity index (χ4n) is 0. The number of hydrogen-bond donors (Lipinski definition) is 0. The second kappa shape index (κ2) is 17.7. The molecule has 26 valence electrons. The first kappa shape index (κ1) is 31.2. The fraction of sp³-hybridized carbons (Fsp3) is 0. The molecule has 0 aliphatic heterocycles. The first-order chi connectivity index (χ1) is 0. The van der Waals surface area contributed by atoms with Gasteiger partial charge in [0.2, 0.25) is 0 Å². The summed E-state index contributed by atoms with van der Waals surface area (Å²) >= 11 is 0. The molecule has 0 unspecified atom stereocenters. The van der Waals surface area contributed by atoms with Crippen LogP contribution in [0.4, 0.5) is 0 Å². The third-order valence-corrected chi connectivity index (χ3v) is 0. The average Bonchev–Trinajstić information content (AvgIpc) is 0. The average molecular weight is 395 g/mol. The van der Waals surface area contributed by atoms with E-state index < -0.39 is 0 Å². The van der Waals surface area contributed by atoms with Crippen molar-refractivity contribution >= 4 is 18.0 Å². The summed E-state index contributed by atoms with van der Waals surface area (Å²) in [5.41, 5.74) is 0. The van der Waals surface area contributed by atoms with Crippen LogP contribution in [0, 0.1) is 0 Å². The van der Waals surface area contributed by atoms with Gasteiger partial charge in [-0.15, -0.1) is 0 Å². The summed E-state index contributed by atoms with van der Waals surface area (Å²) in [7, 11) is 0. The van der Waals surface area contributed by atoms with E-state index >= 15 is 0 Å². The number of rotatable bonds is 0. The minimum Gasteiger partial charge on any atom is 0 e. The molecule has 0 aromatic carbocycles. The Labute approximate surface area is 78.6 Å². The summed E-state index contributed by atoms with van der Waals surface area (Å²) in [6.45, 7) is 0. The molecule has 0 amide bonds. The molecular weight excluding hydrogens is 395 g/mol. The Kier molecular flexibility index (Phi) is 138. The van der Waals surface area contributed by atoms with Crippen LogP contribution in [0.1, 0.15) is 0 Å². The zero-order valence-electron chi connectivity index (χ0n) is 1.81. The molecule has 0 saturated heterocycles. The van der Waals surface area contributed by atoms with E-state index in [2.05, 4.69) is 0 Å². The van der Waals surface area contributed by atoms with Crippen molar-refractivity contribution in [1.29, 1.82) is 0 Å². The van der Waals surface area contributed by atoms with E-state index in [1.54, 1.807) is 0 Å². The van der Waals surface area contributed by atoms with E-state index in [4.69, 9.17) is 0 Å². The molecule has 4 heteroatoms. The van der Waals surface area contributed by atoms with E-state index in [0.717, 1.165) is 0 Å². The third-order valence-electron chi connectivity index (χ3n) is 0. The molecule has 0 aromatic heterocycles. The minimum absolute atomic E-state index is 0. The molecule has 4 radical (unpaired) electrons. The van der Waals surface area contributed by atoms with Crippen molar-refractivity contribution in [2.24, 2.45) is 0 Å². The van der Waals surface area contributed by atoms with Gasteiger partial charge in [0.25, 0.3) is 0 Å². The molecule has 0 aromatic rings. The topological polar surface area (TPSA) is 0 Å². The van der Waals surface area contributed by atoms with Crippen molar-refractivity contribution in [3.63, 3.8) is 0 Å². The van der Waals surface area contributed by atoms with E-state index in [0.29, 0.717) is 0 Å². The fourth-order valence-corrected chi connectivity index (χ4v) is 0. The second-order valence-electron chi connectivity index (χ2n) is 0. The Hall–Kier alpha value is 2.53.